The van der Waals surface area contributed by atoms with Crippen molar-refractivity contribution in [3.63, 3.8) is 0 Å². The Balaban J connectivity index is 1.27. The molecule has 0 saturated carbocycles. The molecule has 1 N–H and O–H groups in total. The Morgan fingerprint density at radius 3 is 2.49 bits per heavy atom. The average molecular weight is 578 g/mol. The Morgan fingerprint density at radius 2 is 1.80 bits per heavy atom. The van der Waals surface area contributed by atoms with Crippen LogP contribution >= 0.6 is 0 Å². The third-order valence-electron chi connectivity index (χ3n) is 7.45. The van der Waals surface area contributed by atoms with Crippen molar-refractivity contribution in [2.45, 2.75) is 37.7 Å². The van der Waals surface area contributed by atoms with E-state index in [2.05, 4.69) is 30.5 Å². The number of aromatic nitrogens is 7. The minimum atomic E-state index is -4.40. The predicted octanol–water partition coefficient (Wildman–Crippen LogP) is 3.08. The van der Waals surface area contributed by atoms with Crippen molar-refractivity contribution < 1.29 is 27.1 Å². The van der Waals surface area contributed by atoms with Crippen LogP contribution in [0.1, 0.15) is 29.9 Å². The molecule has 10 nitrogen and oxygen atoms in total. The van der Waals surface area contributed by atoms with Crippen LogP contribution in [0, 0.1) is 11.6 Å². The van der Waals surface area contributed by atoms with E-state index in [1.807, 2.05) is 4.90 Å². The second kappa shape index (κ2) is 11.5. The number of tetrazole rings is 1. The maximum atomic E-state index is 14.9. The third-order valence-corrected chi connectivity index (χ3v) is 7.45. The first kappa shape index (κ1) is 28.5. The van der Waals surface area contributed by atoms with Gasteiger partial charge in [0.2, 0.25) is 0 Å². The molecule has 41 heavy (non-hydrogen) atoms. The number of nitrogens with zero attached hydrogens (tertiary/aromatic N) is 9. The fraction of sp³-hybridized carbons (Fsp3) is 0.423. The predicted molar refractivity (Wildman–Crippen MR) is 137 cm³/mol. The van der Waals surface area contributed by atoms with E-state index in [-0.39, 0.29) is 12.1 Å². The SMILES string of the molecule is CC(n1nnnc1CCN1CCN(c2cccc(C(F)(F)F)c2)CC1)C(O)(Cn1cncn1)c1ccc(F)cc1F. The number of hydrogen-bond acceptors (Lipinski definition) is 8. The van der Waals surface area contributed by atoms with Crippen LogP contribution in [-0.4, -0.2) is 77.7 Å². The second-order valence-electron chi connectivity index (χ2n) is 9.98. The van der Waals surface area contributed by atoms with Crippen molar-refractivity contribution in [1.82, 2.24) is 39.9 Å². The number of alkyl halides is 3. The van der Waals surface area contributed by atoms with Crippen molar-refractivity contribution in [1.29, 1.82) is 0 Å². The van der Waals surface area contributed by atoms with Crippen molar-refractivity contribution in [3.05, 3.63) is 83.7 Å². The standard InChI is InChI=1S/C26H28F5N9O/c1-18(25(41,15-39-17-32-16-33-39)22-6-5-20(27)14-23(22)28)40-24(34-35-36-40)7-8-37-9-11-38(12-10-37)21-4-2-3-19(13-21)26(29,30)31/h2-6,13-14,16-18,41H,7-12,15H2,1H3. The fourth-order valence-electron chi connectivity index (χ4n) is 5.09. The first-order valence-electron chi connectivity index (χ1n) is 13.0. The van der Waals surface area contributed by atoms with E-state index in [9.17, 15) is 27.1 Å². The highest BCUT2D eigenvalue weighted by Crippen LogP contribution is 2.37. The maximum absolute atomic E-state index is 14.9. The summed E-state index contributed by atoms with van der Waals surface area (Å²) in [5, 5.41) is 27.8. The molecule has 5 rings (SSSR count). The van der Waals surface area contributed by atoms with Crippen LogP contribution in [0.2, 0.25) is 0 Å². The average Bonchev–Trinajstić information content (AvgIpc) is 3.63. The van der Waals surface area contributed by atoms with Gasteiger partial charge in [-0.05, 0) is 41.6 Å². The smallest absolute Gasteiger partial charge is 0.381 e. The van der Waals surface area contributed by atoms with E-state index in [0.29, 0.717) is 56.7 Å². The molecule has 2 aromatic heterocycles. The highest BCUT2D eigenvalue weighted by molar-refractivity contribution is 5.49. The Morgan fingerprint density at radius 1 is 1.02 bits per heavy atom. The number of piperazine rings is 1. The molecule has 1 aliphatic heterocycles. The van der Waals surface area contributed by atoms with E-state index in [0.717, 1.165) is 18.2 Å². The van der Waals surface area contributed by atoms with Crippen LogP contribution in [0.25, 0.3) is 0 Å². The number of hydrogen-bond donors (Lipinski definition) is 1. The van der Waals surface area contributed by atoms with Crippen LogP contribution in [-0.2, 0) is 24.7 Å². The highest BCUT2D eigenvalue weighted by Gasteiger charge is 2.42. The third kappa shape index (κ3) is 6.20. The quantitative estimate of drug-likeness (QED) is 0.303. The van der Waals surface area contributed by atoms with Gasteiger partial charge in [0.1, 0.15) is 29.9 Å². The number of halogens is 5. The van der Waals surface area contributed by atoms with Crippen LogP contribution in [0.5, 0.6) is 0 Å². The minimum Gasteiger partial charge on any atom is -0.381 e. The van der Waals surface area contributed by atoms with Gasteiger partial charge in [-0.15, -0.1) is 5.10 Å². The van der Waals surface area contributed by atoms with Gasteiger partial charge in [0.25, 0.3) is 0 Å². The van der Waals surface area contributed by atoms with Gasteiger partial charge in [0, 0.05) is 56.5 Å². The van der Waals surface area contributed by atoms with Gasteiger partial charge < -0.3 is 10.0 Å². The zero-order valence-corrected chi connectivity index (χ0v) is 22.1. The van der Waals surface area contributed by atoms with E-state index >= 15 is 0 Å². The molecule has 3 heterocycles. The monoisotopic (exact) mass is 577 g/mol. The molecule has 0 spiro atoms. The summed E-state index contributed by atoms with van der Waals surface area (Å²) < 4.78 is 70.7. The molecule has 0 bridgehead atoms. The molecular formula is C26H28F5N9O. The maximum Gasteiger partial charge on any atom is 0.416 e. The number of rotatable bonds is 9. The van der Waals surface area contributed by atoms with Crippen LogP contribution in [0.15, 0.2) is 55.1 Å². The van der Waals surface area contributed by atoms with Gasteiger partial charge in [-0.1, -0.05) is 12.1 Å². The van der Waals surface area contributed by atoms with E-state index in [4.69, 9.17) is 0 Å². The lowest BCUT2D eigenvalue weighted by atomic mass is 9.86. The summed E-state index contributed by atoms with van der Waals surface area (Å²) in [6.45, 7) is 4.31. The minimum absolute atomic E-state index is 0.144. The Kier molecular flexibility index (Phi) is 8.00. The van der Waals surface area contributed by atoms with Gasteiger partial charge in [-0.3, -0.25) is 4.90 Å². The molecule has 1 aliphatic rings. The fourth-order valence-corrected chi connectivity index (χ4v) is 5.09. The van der Waals surface area contributed by atoms with E-state index < -0.39 is 35.0 Å². The van der Waals surface area contributed by atoms with Gasteiger partial charge in [-0.25, -0.2) is 23.1 Å². The molecule has 0 radical (unpaired) electrons. The van der Waals surface area contributed by atoms with E-state index in [1.165, 1.54) is 34.2 Å². The number of anilines is 1. The van der Waals surface area contributed by atoms with Gasteiger partial charge in [0.05, 0.1) is 18.2 Å². The molecule has 2 aromatic carbocycles. The molecule has 0 aliphatic carbocycles. The molecule has 1 fully saturated rings. The lowest BCUT2D eigenvalue weighted by Gasteiger charge is -2.36. The normalized spacial score (nSPS) is 17.0. The number of aliphatic hydroxyl groups is 1. The highest BCUT2D eigenvalue weighted by atomic mass is 19.4. The van der Waals surface area contributed by atoms with Crippen molar-refractivity contribution in [2.24, 2.45) is 0 Å². The van der Waals surface area contributed by atoms with Crippen LogP contribution in [0.4, 0.5) is 27.6 Å². The van der Waals surface area contributed by atoms with Gasteiger partial charge in [0.15, 0.2) is 5.82 Å². The Labute approximate surface area is 232 Å². The van der Waals surface area contributed by atoms with Gasteiger partial charge in [-0.2, -0.15) is 18.3 Å². The van der Waals surface area contributed by atoms with Gasteiger partial charge >= 0.3 is 6.18 Å². The zero-order valence-electron chi connectivity index (χ0n) is 22.1. The summed E-state index contributed by atoms with van der Waals surface area (Å²) in [6.07, 6.45) is -1.35. The van der Waals surface area contributed by atoms with Crippen LogP contribution < -0.4 is 4.90 Å². The first-order valence-corrected chi connectivity index (χ1v) is 13.0. The number of benzene rings is 2. The molecule has 0 amide bonds. The second-order valence-corrected chi connectivity index (χ2v) is 9.98. The summed E-state index contributed by atoms with van der Waals surface area (Å²) in [5.41, 5.74) is -2.22. The zero-order chi connectivity index (χ0) is 29.2. The van der Waals surface area contributed by atoms with Crippen molar-refractivity contribution in [2.75, 3.05) is 37.6 Å². The summed E-state index contributed by atoms with van der Waals surface area (Å²) in [5.74, 6) is -1.26. The van der Waals surface area contributed by atoms with Crippen molar-refractivity contribution >= 4 is 5.69 Å². The Bertz CT molecular complexity index is 1450. The molecule has 218 valence electrons. The summed E-state index contributed by atoms with van der Waals surface area (Å²) in [7, 11) is 0. The molecule has 4 aromatic rings. The van der Waals surface area contributed by atoms with Crippen molar-refractivity contribution in [3.8, 4) is 0 Å². The first-order chi connectivity index (χ1) is 19.5. The molecule has 2 atom stereocenters. The lowest BCUT2D eigenvalue weighted by molar-refractivity contribution is -0.137. The molecule has 1 saturated heterocycles. The Hall–Kier alpha value is -3.98. The summed E-state index contributed by atoms with van der Waals surface area (Å²) >= 11 is 0. The van der Waals surface area contributed by atoms with Crippen LogP contribution in [0.3, 0.4) is 0 Å². The lowest BCUT2D eigenvalue weighted by Crippen LogP contribution is -2.47. The molecule has 15 heteroatoms. The summed E-state index contributed by atoms with van der Waals surface area (Å²) in [6, 6.07) is 7.36. The van der Waals surface area contributed by atoms with E-state index in [1.54, 1.807) is 13.0 Å². The summed E-state index contributed by atoms with van der Waals surface area (Å²) in [4.78, 5) is 7.94. The molecular weight excluding hydrogens is 549 g/mol. The topological polar surface area (TPSA) is 101 Å². The largest absolute Gasteiger partial charge is 0.416 e. The molecule has 2 unspecified atom stereocenters.